The normalized spacial score (nSPS) is 10.0. The van der Waals surface area contributed by atoms with Crippen LogP contribution in [0, 0.1) is 0 Å². The lowest BCUT2D eigenvalue weighted by molar-refractivity contribution is -0.138. The molecule has 1 aromatic rings. The number of hydrogen-bond acceptors (Lipinski definition) is 5. The summed E-state index contributed by atoms with van der Waals surface area (Å²) in [6, 6.07) is 0. The second-order valence-electron chi connectivity index (χ2n) is 2.84. The average Bonchev–Trinajstić information content (AvgIpc) is 2.61. The van der Waals surface area contributed by atoms with Gasteiger partial charge in [0.05, 0.1) is 6.61 Å². The van der Waals surface area contributed by atoms with E-state index < -0.39 is 0 Å². The van der Waals surface area contributed by atoms with Crippen molar-refractivity contribution in [2.45, 2.75) is 12.1 Å². The van der Waals surface area contributed by atoms with Crippen molar-refractivity contribution in [2.75, 3.05) is 12.4 Å². The molecule has 6 heteroatoms. The van der Waals surface area contributed by atoms with E-state index in [1.54, 1.807) is 17.8 Å². The average molecular weight is 227 g/mol. The number of thioether (sulfide) groups is 1. The number of rotatable bonds is 5. The molecule has 0 bridgehead atoms. The van der Waals surface area contributed by atoms with Gasteiger partial charge >= 0.3 is 5.97 Å². The molecule has 5 nitrogen and oxygen atoms in total. The highest BCUT2D eigenvalue weighted by Gasteiger charge is 2.09. The Kier molecular flexibility index (Phi) is 4.36. The van der Waals surface area contributed by atoms with Gasteiger partial charge in [0, 0.05) is 18.4 Å². The van der Waals surface area contributed by atoms with Crippen LogP contribution in [0.2, 0.25) is 0 Å². The molecule has 15 heavy (non-hydrogen) atoms. The summed E-state index contributed by atoms with van der Waals surface area (Å²) in [7, 11) is 1.84. The first kappa shape index (κ1) is 11.8. The number of nitrogens with zero attached hydrogens (tertiary/aromatic N) is 3. The molecule has 0 radical (unpaired) electrons. The summed E-state index contributed by atoms with van der Waals surface area (Å²) in [4.78, 5) is 11.2. The van der Waals surface area contributed by atoms with E-state index in [-0.39, 0.29) is 5.97 Å². The van der Waals surface area contributed by atoms with E-state index in [1.807, 2.05) is 7.05 Å². The van der Waals surface area contributed by atoms with Gasteiger partial charge in [0.1, 0.15) is 6.33 Å². The fourth-order valence-corrected chi connectivity index (χ4v) is 1.62. The van der Waals surface area contributed by atoms with Crippen molar-refractivity contribution in [3.05, 3.63) is 18.5 Å². The molecule has 0 atom stereocenters. The van der Waals surface area contributed by atoms with Crippen LogP contribution in [-0.4, -0.2) is 33.1 Å². The summed E-state index contributed by atoms with van der Waals surface area (Å²) in [5, 5.41) is 8.35. The summed E-state index contributed by atoms with van der Waals surface area (Å²) in [6.07, 6.45) is 1.61. The van der Waals surface area contributed by atoms with E-state index in [1.165, 1.54) is 11.8 Å². The van der Waals surface area contributed by atoms with Crippen molar-refractivity contribution >= 4 is 17.7 Å². The number of ether oxygens (including phenoxy) is 1. The molecule has 0 N–H and O–H groups in total. The van der Waals surface area contributed by atoms with Crippen molar-refractivity contribution in [3.63, 3.8) is 0 Å². The predicted octanol–water partition coefficient (Wildman–Crippen LogP) is 1.03. The maximum atomic E-state index is 11.2. The molecule has 82 valence electrons. The predicted molar refractivity (Wildman–Crippen MR) is 57.5 cm³/mol. The number of hydrogen-bond donors (Lipinski definition) is 0. The quantitative estimate of drug-likeness (QED) is 0.427. The second kappa shape index (κ2) is 5.55. The van der Waals surface area contributed by atoms with Crippen LogP contribution in [0.1, 0.15) is 6.92 Å². The topological polar surface area (TPSA) is 57.0 Å². The zero-order valence-electron chi connectivity index (χ0n) is 8.77. The minimum absolute atomic E-state index is 0.354. The van der Waals surface area contributed by atoms with Crippen LogP contribution < -0.4 is 0 Å². The Morgan fingerprint density at radius 3 is 3.00 bits per heavy atom. The number of aromatic nitrogens is 3. The first-order valence-corrected chi connectivity index (χ1v) is 5.45. The van der Waals surface area contributed by atoms with Gasteiger partial charge in [-0.3, -0.25) is 0 Å². The molecule has 0 aliphatic heterocycles. The van der Waals surface area contributed by atoms with Crippen molar-refractivity contribution < 1.29 is 9.53 Å². The Balaban J connectivity index is 2.41. The lowest BCUT2D eigenvalue weighted by atomic mass is 10.4. The Morgan fingerprint density at radius 1 is 1.73 bits per heavy atom. The maximum absolute atomic E-state index is 11.2. The molecule has 0 aliphatic carbocycles. The van der Waals surface area contributed by atoms with Crippen LogP contribution in [0.25, 0.3) is 0 Å². The monoisotopic (exact) mass is 227 g/mol. The Bertz CT molecular complexity index is 362. The van der Waals surface area contributed by atoms with Crippen molar-refractivity contribution in [1.82, 2.24) is 14.8 Å². The van der Waals surface area contributed by atoms with E-state index >= 15 is 0 Å². The Hall–Kier alpha value is -1.30. The fourth-order valence-electron chi connectivity index (χ4n) is 0.847. The molecule has 0 spiro atoms. The molecule has 0 aromatic carbocycles. The lowest BCUT2D eigenvalue weighted by Crippen LogP contribution is -2.08. The Morgan fingerprint density at radius 2 is 2.47 bits per heavy atom. The molecule has 0 saturated carbocycles. The third-order valence-corrected chi connectivity index (χ3v) is 2.73. The van der Waals surface area contributed by atoms with E-state index in [9.17, 15) is 4.79 Å². The Labute approximate surface area is 92.5 Å². The van der Waals surface area contributed by atoms with Gasteiger partial charge in [0.2, 0.25) is 0 Å². The summed E-state index contributed by atoms with van der Waals surface area (Å²) < 4.78 is 6.59. The van der Waals surface area contributed by atoms with Gasteiger partial charge in [-0.1, -0.05) is 18.3 Å². The zero-order chi connectivity index (χ0) is 11.3. The van der Waals surface area contributed by atoms with Crippen LogP contribution in [-0.2, 0) is 16.6 Å². The lowest BCUT2D eigenvalue weighted by Gasteiger charge is -2.04. The van der Waals surface area contributed by atoms with E-state index in [0.29, 0.717) is 17.9 Å². The van der Waals surface area contributed by atoms with Gasteiger partial charge in [-0.05, 0) is 6.92 Å². The minimum Gasteiger partial charge on any atom is -0.463 e. The SMILES string of the molecule is C=C(CSc1nncn1C)C(=O)OCC. The molecular weight excluding hydrogens is 214 g/mol. The van der Waals surface area contributed by atoms with E-state index in [0.717, 1.165) is 5.16 Å². The van der Waals surface area contributed by atoms with Crippen molar-refractivity contribution in [1.29, 1.82) is 0 Å². The van der Waals surface area contributed by atoms with Gasteiger partial charge in [-0.2, -0.15) is 0 Å². The first-order valence-electron chi connectivity index (χ1n) is 4.46. The molecule has 0 aliphatic rings. The third-order valence-electron chi connectivity index (χ3n) is 1.61. The standard InChI is InChI=1S/C9H13N3O2S/c1-4-14-8(13)7(2)5-15-9-11-10-6-12(9)3/h6H,2,4-5H2,1,3H3. The molecule has 1 heterocycles. The van der Waals surface area contributed by atoms with Gasteiger partial charge in [-0.15, -0.1) is 10.2 Å². The van der Waals surface area contributed by atoms with Gasteiger partial charge in [0.25, 0.3) is 0 Å². The maximum Gasteiger partial charge on any atom is 0.334 e. The molecular formula is C9H13N3O2S. The minimum atomic E-state index is -0.354. The second-order valence-corrected chi connectivity index (χ2v) is 3.78. The van der Waals surface area contributed by atoms with Gasteiger partial charge in [-0.25, -0.2) is 4.79 Å². The molecule has 1 rings (SSSR count). The molecule has 0 amide bonds. The molecule has 0 saturated heterocycles. The third kappa shape index (κ3) is 3.39. The van der Waals surface area contributed by atoms with Gasteiger partial charge < -0.3 is 9.30 Å². The number of esters is 1. The van der Waals surface area contributed by atoms with Crippen LogP contribution in [0.5, 0.6) is 0 Å². The number of carbonyl (C=O) groups excluding carboxylic acids is 1. The van der Waals surface area contributed by atoms with Crippen LogP contribution >= 0.6 is 11.8 Å². The number of aryl methyl sites for hydroxylation is 1. The van der Waals surface area contributed by atoms with E-state index in [4.69, 9.17) is 4.74 Å². The van der Waals surface area contributed by atoms with E-state index in [2.05, 4.69) is 16.8 Å². The molecule has 1 aromatic heterocycles. The largest absolute Gasteiger partial charge is 0.463 e. The first-order chi connectivity index (χ1) is 7.15. The summed E-state index contributed by atoms with van der Waals surface area (Å²) in [5.74, 6) is 0.109. The molecule has 0 fully saturated rings. The smallest absolute Gasteiger partial charge is 0.334 e. The highest BCUT2D eigenvalue weighted by atomic mass is 32.2. The number of carbonyl (C=O) groups is 1. The fraction of sp³-hybridized carbons (Fsp3) is 0.444. The van der Waals surface area contributed by atoms with Crippen molar-refractivity contribution in [2.24, 2.45) is 7.05 Å². The van der Waals surface area contributed by atoms with Gasteiger partial charge in [0.15, 0.2) is 5.16 Å². The summed E-state index contributed by atoms with van der Waals surface area (Å²) >= 11 is 1.40. The highest BCUT2D eigenvalue weighted by molar-refractivity contribution is 7.99. The summed E-state index contributed by atoms with van der Waals surface area (Å²) in [6.45, 7) is 5.78. The summed E-state index contributed by atoms with van der Waals surface area (Å²) in [5.41, 5.74) is 0.435. The zero-order valence-corrected chi connectivity index (χ0v) is 9.58. The van der Waals surface area contributed by atoms with Crippen LogP contribution in [0.15, 0.2) is 23.6 Å². The van der Waals surface area contributed by atoms with Crippen molar-refractivity contribution in [3.8, 4) is 0 Å². The van der Waals surface area contributed by atoms with Crippen LogP contribution in [0.4, 0.5) is 0 Å². The highest BCUT2D eigenvalue weighted by Crippen LogP contribution is 2.16. The molecule has 0 unspecified atom stereocenters. The van der Waals surface area contributed by atoms with Crippen LogP contribution in [0.3, 0.4) is 0 Å².